The van der Waals surface area contributed by atoms with Gasteiger partial charge < -0.3 is 15.4 Å². The van der Waals surface area contributed by atoms with Crippen molar-refractivity contribution in [2.45, 2.75) is 13.0 Å². The number of nitrogens with zero attached hydrogens (tertiary/aromatic N) is 2. The van der Waals surface area contributed by atoms with Gasteiger partial charge >= 0.3 is 5.97 Å². The van der Waals surface area contributed by atoms with Crippen molar-refractivity contribution in [3.63, 3.8) is 0 Å². The van der Waals surface area contributed by atoms with Gasteiger partial charge in [-0.15, -0.1) is 0 Å². The molecular formula is C26H29N3O2. The molecule has 1 heterocycles. The standard InChI is InChI=1S/C26H29N3O2/c1-2-31-26(30)23-19-22(27)13-14-24(23)28-15-17-29(18-16-28)25(20-9-5-3-6-10-20)21-11-7-4-8-12-21/h3-14,19,25H,2,15-18,27H2,1H3. The van der Waals surface area contributed by atoms with Gasteiger partial charge in [0.05, 0.1) is 23.9 Å². The van der Waals surface area contributed by atoms with Crippen LogP contribution in [0.2, 0.25) is 0 Å². The molecule has 0 unspecified atom stereocenters. The molecule has 4 rings (SSSR count). The Kier molecular flexibility index (Phi) is 6.53. The number of esters is 1. The van der Waals surface area contributed by atoms with Crippen LogP contribution in [0.1, 0.15) is 34.5 Å². The minimum Gasteiger partial charge on any atom is -0.462 e. The summed E-state index contributed by atoms with van der Waals surface area (Å²) in [4.78, 5) is 17.3. The van der Waals surface area contributed by atoms with Gasteiger partial charge in [-0.1, -0.05) is 60.7 Å². The van der Waals surface area contributed by atoms with Crippen molar-refractivity contribution in [3.05, 3.63) is 95.6 Å². The van der Waals surface area contributed by atoms with E-state index in [4.69, 9.17) is 10.5 Å². The number of hydrogen-bond acceptors (Lipinski definition) is 5. The third-order valence-electron chi connectivity index (χ3n) is 5.77. The Bertz CT molecular complexity index is 960. The molecule has 1 fully saturated rings. The minimum absolute atomic E-state index is 0.209. The zero-order valence-electron chi connectivity index (χ0n) is 17.9. The normalized spacial score (nSPS) is 14.6. The summed E-state index contributed by atoms with van der Waals surface area (Å²) in [5.41, 5.74) is 10.5. The van der Waals surface area contributed by atoms with Crippen LogP contribution in [-0.2, 0) is 4.74 Å². The molecule has 0 amide bonds. The maximum atomic E-state index is 12.5. The van der Waals surface area contributed by atoms with E-state index in [1.807, 2.05) is 19.1 Å². The summed E-state index contributed by atoms with van der Waals surface area (Å²) in [6, 6.07) is 27.0. The van der Waals surface area contributed by atoms with Crippen LogP contribution >= 0.6 is 0 Å². The van der Waals surface area contributed by atoms with Gasteiger partial charge in [-0.2, -0.15) is 0 Å². The number of carbonyl (C=O) groups is 1. The van der Waals surface area contributed by atoms with Crippen LogP contribution in [0, 0.1) is 0 Å². The molecule has 3 aromatic carbocycles. The van der Waals surface area contributed by atoms with Gasteiger partial charge in [0.2, 0.25) is 0 Å². The summed E-state index contributed by atoms with van der Waals surface area (Å²) in [5, 5.41) is 0. The SMILES string of the molecule is CCOC(=O)c1cc(N)ccc1N1CCN(C(c2ccccc2)c2ccccc2)CC1. The van der Waals surface area contributed by atoms with Crippen molar-refractivity contribution in [3.8, 4) is 0 Å². The van der Waals surface area contributed by atoms with Crippen LogP contribution in [-0.4, -0.2) is 43.7 Å². The topological polar surface area (TPSA) is 58.8 Å². The van der Waals surface area contributed by atoms with E-state index in [0.717, 1.165) is 31.9 Å². The molecule has 1 aliphatic heterocycles. The van der Waals surface area contributed by atoms with Crippen molar-refractivity contribution in [2.75, 3.05) is 43.4 Å². The fourth-order valence-electron chi connectivity index (χ4n) is 4.31. The Morgan fingerprint density at radius 3 is 2.03 bits per heavy atom. The first-order valence-electron chi connectivity index (χ1n) is 10.8. The molecule has 0 atom stereocenters. The smallest absolute Gasteiger partial charge is 0.340 e. The highest BCUT2D eigenvalue weighted by Crippen LogP contribution is 2.31. The Labute approximate surface area is 184 Å². The number of nitrogen functional groups attached to an aromatic ring is 1. The lowest BCUT2D eigenvalue weighted by Crippen LogP contribution is -2.48. The molecule has 0 aliphatic carbocycles. The highest BCUT2D eigenvalue weighted by Gasteiger charge is 2.28. The molecule has 0 aromatic heterocycles. The van der Waals surface area contributed by atoms with Gasteiger partial charge in [0.1, 0.15) is 0 Å². The number of piperazine rings is 1. The van der Waals surface area contributed by atoms with E-state index < -0.39 is 0 Å². The van der Waals surface area contributed by atoms with E-state index in [-0.39, 0.29) is 12.0 Å². The first-order valence-corrected chi connectivity index (χ1v) is 10.8. The molecule has 0 spiro atoms. The summed E-state index contributed by atoms with van der Waals surface area (Å²) < 4.78 is 5.26. The number of benzene rings is 3. The second-order valence-electron chi connectivity index (χ2n) is 7.74. The molecule has 2 N–H and O–H groups in total. The Morgan fingerprint density at radius 1 is 0.903 bits per heavy atom. The monoisotopic (exact) mass is 415 g/mol. The molecule has 0 radical (unpaired) electrons. The predicted octanol–water partition coefficient (Wildman–Crippen LogP) is 4.36. The Hall–Kier alpha value is -3.31. The third-order valence-corrected chi connectivity index (χ3v) is 5.77. The molecule has 3 aromatic rings. The fraction of sp³-hybridized carbons (Fsp3) is 0.269. The third kappa shape index (κ3) is 4.72. The molecule has 0 bridgehead atoms. The van der Waals surface area contributed by atoms with Gasteiger partial charge in [0.15, 0.2) is 0 Å². The van der Waals surface area contributed by atoms with E-state index in [1.165, 1.54) is 11.1 Å². The van der Waals surface area contributed by atoms with Crippen molar-refractivity contribution in [1.29, 1.82) is 0 Å². The molecule has 31 heavy (non-hydrogen) atoms. The van der Waals surface area contributed by atoms with E-state index in [2.05, 4.69) is 70.5 Å². The fourth-order valence-corrected chi connectivity index (χ4v) is 4.31. The second-order valence-corrected chi connectivity index (χ2v) is 7.74. The molecular weight excluding hydrogens is 386 g/mol. The summed E-state index contributed by atoms with van der Waals surface area (Å²) in [6.07, 6.45) is 0. The number of nitrogens with two attached hydrogens (primary N) is 1. The van der Waals surface area contributed by atoms with Crippen LogP contribution in [0.4, 0.5) is 11.4 Å². The summed E-state index contributed by atoms with van der Waals surface area (Å²) >= 11 is 0. The minimum atomic E-state index is -0.321. The van der Waals surface area contributed by atoms with Gasteiger partial charge in [0.25, 0.3) is 0 Å². The van der Waals surface area contributed by atoms with E-state index in [0.29, 0.717) is 17.9 Å². The number of rotatable bonds is 6. The molecule has 160 valence electrons. The first-order chi connectivity index (χ1) is 15.2. The van der Waals surface area contributed by atoms with E-state index >= 15 is 0 Å². The van der Waals surface area contributed by atoms with Gasteiger partial charge in [-0.05, 0) is 36.2 Å². The molecule has 1 saturated heterocycles. The lowest BCUT2D eigenvalue weighted by molar-refractivity contribution is 0.0527. The molecule has 5 heteroatoms. The number of hydrogen-bond donors (Lipinski definition) is 1. The van der Waals surface area contributed by atoms with Crippen molar-refractivity contribution in [2.24, 2.45) is 0 Å². The van der Waals surface area contributed by atoms with Crippen LogP contribution < -0.4 is 10.6 Å². The zero-order valence-corrected chi connectivity index (χ0v) is 17.9. The Balaban J connectivity index is 1.56. The maximum absolute atomic E-state index is 12.5. The number of anilines is 2. The van der Waals surface area contributed by atoms with Crippen LogP contribution in [0.25, 0.3) is 0 Å². The van der Waals surface area contributed by atoms with Crippen LogP contribution in [0.5, 0.6) is 0 Å². The van der Waals surface area contributed by atoms with Crippen LogP contribution in [0.3, 0.4) is 0 Å². The highest BCUT2D eigenvalue weighted by molar-refractivity contribution is 5.97. The maximum Gasteiger partial charge on any atom is 0.340 e. The first kappa shape index (κ1) is 20.9. The van der Waals surface area contributed by atoms with Gasteiger partial charge in [-0.25, -0.2) is 4.79 Å². The average Bonchev–Trinajstić information content (AvgIpc) is 2.81. The molecule has 1 aliphatic rings. The number of carbonyl (C=O) groups excluding carboxylic acids is 1. The quantitative estimate of drug-likeness (QED) is 0.479. The summed E-state index contributed by atoms with van der Waals surface area (Å²) in [6.45, 7) is 5.59. The predicted molar refractivity (Wildman–Crippen MR) is 125 cm³/mol. The molecule has 0 saturated carbocycles. The summed E-state index contributed by atoms with van der Waals surface area (Å²) in [7, 11) is 0. The lowest BCUT2D eigenvalue weighted by atomic mass is 9.96. The van der Waals surface area contributed by atoms with Crippen molar-refractivity contribution < 1.29 is 9.53 Å². The zero-order chi connectivity index (χ0) is 21.6. The molecule has 5 nitrogen and oxygen atoms in total. The van der Waals surface area contributed by atoms with E-state index in [1.54, 1.807) is 6.07 Å². The average molecular weight is 416 g/mol. The lowest BCUT2D eigenvalue weighted by Gasteiger charge is -2.41. The largest absolute Gasteiger partial charge is 0.462 e. The van der Waals surface area contributed by atoms with Crippen molar-refractivity contribution >= 4 is 17.3 Å². The van der Waals surface area contributed by atoms with Crippen LogP contribution in [0.15, 0.2) is 78.9 Å². The van der Waals surface area contributed by atoms with E-state index in [9.17, 15) is 4.79 Å². The number of ether oxygens (including phenoxy) is 1. The summed E-state index contributed by atoms with van der Waals surface area (Å²) in [5.74, 6) is -0.321. The van der Waals surface area contributed by atoms with Gasteiger partial charge in [0, 0.05) is 31.9 Å². The van der Waals surface area contributed by atoms with Crippen molar-refractivity contribution in [1.82, 2.24) is 4.90 Å². The highest BCUT2D eigenvalue weighted by atomic mass is 16.5. The Morgan fingerprint density at radius 2 is 1.48 bits per heavy atom. The van der Waals surface area contributed by atoms with Gasteiger partial charge in [-0.3, -0.25) is 4.90 Å². The second kappa shape index (κ2) is 9.67.